The van der Waals surface area contributed by atoms with Crippen LogP contribution in [0, 0.1) is 0 Å². The molecule has 0 saturated carbocycles. The van der Waals surface area contributed by atoms with Gasteiger partial charge in [-0.25, -0.2) is 17.9 Å². The summed E-state index contributed by atoms with van der Waals surface area (Å²) in [5.74, 6) is 0. The fourth-order valence-corrected chi connectivity index (χ4v) is 2.00. The van der Waals surface area contributed by atoms with Crippen LogP contribution in [0.15, 0.2) is 29.2 Å². The van der Waals surface area contributed by atoms with E-state index in [2.05, 4.69) is 0 Å². The molecule has 96 valence electrons. The van der Waals surface area contributed by atoms with Gasteiger partial charge in [0.1, 0.15) is 6.67 Å². The summed E-state index contributed by atoms with van der Waals surface area (Å²) in [4.78, 5) is -0.00933. The molecule has 0 aromatic heterocycles. The van der Waals surface area contributed by atoms with E-state index in [-0.39, 0.29) is 4.90 Å². The van der Waals surface area contributed by atoms with E-state index in [9.17, 15) is 12.8 Å². The Labute approximate surface area is 99.6 Å². The topological polar surface area (TPSA) is 95.4 Å². The van der Waals surface area contributed by atoms with Gasteiger partial charge in [-0.2, -0.15) is 0 Å². The number of primary sulfonamides is 1. The standard InChI is InChI=1S/C10H15FN2O3S/c1-16-10(9(12)6-11)7-2-4-8(5-3-7)17(13,14)15/h2-5,9-10H,6,12H2,1H3,(H2,13,14,15)/t9-,10-/m1/s1. The van der Waals surface area contributed by atoms with Crippen molar-refractivity contribution in [3.63, 3.8) is 0 Å². The Hall–Kier alpha value is -1.02. The second-order valence-corrected chi connectivity index (χ2v) is 5.15. The average molecular weight is 262 g/mol. The van der Waals surface area contributed by atoms with E-state index in [1.807, 2.05) is 0 Å². The van der Waals surface area contributed by atoms with Crippen molar-refractivity contribution in [2.75, 3.05) is 13.8 Å². The monoisotopic (exact) mass is 262 g/mol. The molecule has 0 aliphatic carbocycles. The first-order chi connectivity index (χ1) is 7.90. The van der Waals surface area contributed by atoms with E-state index in [0.29, 0.717) is 5.56 Å². The van der Waals surface area contributed by atoms with Crippen molar-refractivity contribution in [3.05, 3.63) is 29.8 Å². The van der Waals surface area contributed by atoms with Crippen LogP contribution >= 0.6 is 0 Å². The third-order valence-corrected chi connectivity index (χ3v) is 3.29. The molecule has 0 heterocycles. The number of halogens is 1. The molecule has 7 heteroatoms. The quantitative estimate of drug-likeness (QED) is 0.798. The lowest BCUT2D eigenvalue weighted by Crippen LogP contribution is -2.31. The molecule has 1 aromatic carbocycles. The second-order valence-electron chi connectivity index (χ2n) is 3.59. The van der Waals surface area contributed by atoms with Gasteiger partial charge in [0.15, 0.2) is 0 Å². The molecule has 2 atom stereocenters. The second kappa shape index (κ2) is 5.54. The normalized spacial score (nSPS) is 15.5. The first-order valence-electron chi connectivity index (χ1n) is 4.87. The number of sulfonamides is 1. The number of ether oxygens (including phenoxy) is 1. The van der Waals surface area contributed by atoms with Crippen molar-refractivity contribution in [3.8, 4) is 0 Å². The Balaban J connectivity index is 3.01. The molecule has 17 heavy (non-hydrogen) atoms. The van der Waals surface area contributed by atoms with Crippen LogP contribution in [-0.4, -0.2) is 28.2 Å². The van der Waals surface area contributed by atoms with Crippen LogP contribution in [0.1, 0.15) is 11.7 Å². The Morgan fingerprint density at radius 1 is 1.35 bits per heavy atom. The van der Waals surface area contributed by atoms with E-state index in [4.69, 9.17) is 15.6 Å². The van der Waals surface area contributed by atoms with Gasteiger partial charge in [0.2, 0.25) is 10.0 Å². The molecular formula is C10H15FN2O3S. The van der Waals surface area contributed by atoms with Crippen LogP contribution in [0.2, 0.25) is 0 Å². The highest BCUT2D eigenvalue weighted by molar-refractivity contribution is 7.89. The van der Waals surface area contributed by atoms with Gasteiger partial charge in [-0.15, -0.1) is 0 Å². The summed E-state index contributed by atoms with van der Waals surface area (Å²) in [6.45, 7) is -0.727. The zero-order valence-corrected chi connectivity index (χ0v) is 10.2. The first kappa shape index (κ1) is 14.0. The maximum absolute atomic E-state index is 12.5. The summed E-state index contributed by atoms with van der Waals surface area (Å²) in [5.41, 5.74) is 6.14. The van der Waals surface area contributed by atoms with Crippen molar-refractivity contribution < 1.29 is 17.5 Å². The third-order valence-electron chi connectivity index (χ3n) is 2.36. The van der Waals surface area contributed by atoms with Crippen LogP contribution in [0.3, 0.4) is 0 Å². The molecule has 0 unspecified atom stereocenters. The minimum atomic E-state index is -3.72. The number of methoxy groups -OCH3 is 1. The van der Waals surface area contributed by atoms with Crippen LogP contribution in [-0.2, 0) is 14.8 Å². The zero-order valence-electron chi connectivity index (χ0n) is 9.34. The summed E-state index contributed by atoms with van der Waals surface area (Å²) < 4.78 is 39.6. The van der Waals surface area contributed by atoms with Crippen LogP contribution in [0.4, 0.5) is 4.39 Å². The number of hydrogen-bond acceptors (Lipinski definition) is 4. The van der Waals surface area contributed by atoms with Crippen molar-refractivity contribution >= 4 is 10.0 Å². The third kappa shape index (κ3) is 3.47. The number of hydrogen-bond donors (Lipinski definition) is 2. The van der Waals surface area contributed by atoms with Gasteiger partial charge in [0, 0.05) is 7.11 Å². The molecule has 0 saturated heterocycles. The van der Waals surface area contributed by atoms with Gasteiger partial charge >= 0.3 is 0 Å². The van der Waals surface area contributed by atoms with E-state index >= 15 is 0 Å². The minimum absolute atomic E-state index is 0.00933. The van der Waals surface area contributed by atoms with E-state index < -0.39 is 28.8 Å². The summed E-state index contributed by atoms with van der Waals surface area (Å²) >= 11 is 0. The zero-order chi connectivity index (χ0) is 13.1. The van der Waals surface area contributed by atoms with E-state index in [1.54, 1.807) is 0 Å². The van der Waals surface area contributed by atoms with Crippen molar-refractivity contribution in [2.45, 2.75) is 17.0 Å². The van der Waals surface area contributed by atoms with Gasteiger partial charge in [-0.3, -0.25) is 0 Å². The van der Waals surface area contributed by atoms with Crippen LogP contribution < -0.4 is 10.9 Å². The highest BCUT2D eigenvalue weighted by Crippen LogP contribution is 2.21. The molecule has 0 fully saturated rings. The van der Waals surface area contributed by atoms with Gasteiger partial charge < -0.3 is 10.5 Å². The number of nitrogens with two attached hydrogens (primary N) is 2. The first-order valence-corrected chi connectivity index (χ1v) is 6.42. The van der Waals surface area contributed by atoms with Gasteiger partial charge in [0.05, 0.1) is 17.0 Å². The SMILES string of the molecule is CO[C@H](c1ccc(S(N)(=O)=O)cc1)[C@H](N)CF. The molecular weight excluding hydrogens is 247 g/mol. The molecule has 0 amide bonds. The minimum Gasteiger partial charge on any atom is -0.375 e. The predicted molar refractivity (Wildman–Crippen MR) is 61.5 cm³/mol. The maximum atomic E-state index is 12.5. The lowest BCUT2D eigenvalue weighted by atomic mass is 10.0. The number of rotatable bonds is 5. The Bertz CT molecular complexity index is 461. The Morgan fingerprint density at radius 3 is 2.24 bits per heavy atom. The van der Waals surface area contributed by atoms with Gasteiger partial charge in [-0.1, -0.05) is 12.1 Å². The average Bonchev–Trinajstić information content (AvgIpc) is 2.29. The van der Waals surface area contributed by atoms with Crippen LogP contribution in [0.25, 0.3) is 0 Å². The fraction of sp³-hybridized carbons (Fsp3) is 0.400. The van der Waals surface area contributed by atoms with Crippen molar-refractivity contribution in [1.29, 1.82) is 0 Å². The molecule has 1 aromatic rings. The summed E-state index contributed by atoms with van der Waals surface area (Å²) in [7, 11) is -2.31. The molecule has 4 N–H and O–H groups in total. The number of alkyl halides is 1. The van der Waals surface area contributed by atoms with Gasteiger partial charge in [-0.05, 0) is 17.7 Å². The molecule has 0 bridgehead atoms. The maximum Gasteiger partial charge on any atom is 0.238 e. The smallest absolute Gasteiger partial charge is 0.238 e. The number of benzene rings is 1. The molecule has 0 aliphatic heterocycles. The highest BCUT2D eigenvalue weighted by Gasteiger charge is 2.19. The van der Waals surface area contributed by atoms with Crippen molar-refractivity contribution in [2.24, 2.45) is 10.9 Å². The lowest BCUT2D eigenvalue weighted by Gasteiger charge is -2.20. The van der Waals surface area contributed by atoms with Crippen molar-refractivity contribution in [1.82, 2.24) is 0 Å². The summed E-state index contributed by atoms with van der Waals surface area (Å²) in [5, 5.41) is 4.96. The van der Waals surface area contributed by atoms with E-state index in [0.717, 1.165) is 0 Å². The lowest BCUT2D eigenvalue weighted by molar-refractivity contribution is 0.0720. The fourth-order valence-electron chi connectivity index (χ4n) is 1.49. The molecule has 0 aliphatic rings. The summed E-state index contributed by atoms with van der Waals surface area (Å²) in [6.07, 6.45) is -0.616. The summed E-state index contributed by atoms with van der Waals surface area (Å²) in [6, 6.07) is 4.89. The molecule has 5 nitrogen and oxygen atoms in total. The van der Waals surface area contributed by atoms with Gasteiger partial charge in [0.25, 0.3) is 0 Å². The molecule has 0 radical (unpaired) electrons. The molecule has 0 spiro atoms. The van der Waals surface area contributed by atoms with Crippen LogP contribution in [0.5, 0.6) is 0 Å². The largest absolute Gasteiger partial charge is 0.375 e. The Kier molecular flexibility index (Phi) is 4.58. The van der Waals surface area contributed by atoms with E-state index in [1.165, 1.54) is 31.4 Å². The highest BCUT2D eigenvalue weighted by atomic mass is 32.2. The molecule has 1 rings (SSSR count). The Morgan fingerprint density at radius 2 is 1.88 bits per heavy atom. The predicted octanol–water partition coefficient (Wildman–Crippen LogP) is 0.318.